The van der Waals surface area contributed by atoms with Gasteiger partial charge in [-0.3, -0.25) is 4.79 Å². The van der Waals surface area contributed by atoms with Gasteiger partial charge in [0.1, 0.15) is 0 Å². The highest BCUT2D eigenvalue weighted by atomic mass is 16.5. The van der Waals surface area contributed by atoms with Crippen LogP contribution in [-0.2, 0) is 20.7 Å². The maximum absolute atomic E-state index is 12.0. The molecule has 1 aromatic carbocycles. The third kappa shape index (κ3) is 10.7. The second-order valence-corrected chi connectivity index (χ2v) is 8.51. The Morgan fingerprint density at radius 2 is 1.65 bits per heavy atom. The van der Waals surface area contributed by atoms with Gasteiger partial charge in [-0.15, -0.1) is 0 Å². The molecule has 0 aliphatic heterocycles. The molecule has 2 aromatic rings. The van der Waals surface area contributed by atoms with Crippen molar-refractivity contribution in [2.24, 2.45) is 0 Å². The van der Waals surface area contributed by atoms with Crippen molar-refractivity contribution in [1.82, 2.24) is 9.97 Å². The first kappa shape index (κ1) is 27.2. The van der Waals surface area contributed by atoms with Crippen LogP contribution in [0.3, 0.4) is 0 Å². The van der Waals surface area contributed by atoms with Crippen molar-refractivity contribution in [2.45, 2.75) is 91.1 Å². The van der Waals surface area contributed by atoms with E-state index in [0.717, 1.165) is 36.8 Å². The lowest BCUT2D eigenvalue weighted by Crippen LogP contribution is -2.14. The number of esters is 2. The van der Waals surface area contributed by atoms with E-state index < -0.39 is 5.97 Å². The first-order valence-electron chi connectivity index (χ1n) is 12.5. The summed E-state index contributed by atoms with van der Waals surface area (Å²) >= 11 is 0. The standard InChI is InChI=1S/C28H38N2O4/c1-4-6-7-8-9-10-11-12-13-27(32)34-25-20-29-28(30-21-25)24-18-16-23(17-19-24)15-14-22(3)33-26(31)5-2/h12-13,16-22H,4-11,14-15H2,1-3H3. The van der Waals surface area contributed by atoms with Crippen LogP contribution in [0.25, 0.3) is 11.4 Å². The Morgan fingerprint density at radius 3 is 2.32 bits per heavy atom. The van der Waals surface area contributed by atoms with E-state index in [9.17, 15) is 9.59 Å². The molecule has 1 unspecified atom stereocenters. The second-order valence-electron chi connectivity index (χ2n) is 8.51. The van der Waals surface area contributed by atoms with Crippen molar-refractivity contribution in [3.8, 4) is 17.1 Å². The van der Waals surface area contributed by atoms with Gasteiger partial charge in [-0.05, 0) is 38.2 Å². The van der Waals surface area contributed by atoms with Crippen LogP contribution < -0.4 is 4.74 Å². The number of carbonyl (C=O) groups is 2. The van der Waals surface area contributed by atoms with Crippen molar-refractivity contribution >= 4 is 11.9 Å². The number of nitrogens with zero attached hydrogens (tertiary/aromatic N) is 2. The zero-order valence-corrected chi connectivity index (χ0v) is 20.8. The van der Waals surface area contributed by atoms with E-state index in [1.54, 1.807) is 6.92 Å². The second kappa shape index (κ2) is 15.8. The third-order valence-corrected chi connectivity index (χ3v) is 5.50. The topological polar surface area (TPSA) is 78.4 Å². The number of ether oxygens (including phenoxy) is 2. The number of rotatable bonds is 15. The summed E-state index contributed by atoms with van der Waals surface area (Å²) in [6.07, 6.45) is 16.5. The number of unbranched alkanes of at least 4 members (excludes halogenated alkanes) is 6. The van der Waals surface area contributed by atoms with Gasteiger partial charge < -0.3 is 9.47 Å². The fraction of sp³-hybridized carbons (Fsp3) is 0.500. The number of carbonyl (C=O) groups excluding carboxylic acids is 2. The van der Waals surface area contributed by atoms with Gasteiger partial charge in [-0.2, -0.15) is 0 Å². The number of hydrogen-bond acceptors (Lipinski definition) is 6. The summed E-state index contributed by atoms with van der Waals surface area (Å²) in [5.41, 5.74) is 2.03. The average molecular weight is 467 g/mol. The molecule has 34 heavy (non-hydrogen) atoms. The van der Waals surface area contributed by atoms with Crippen molar-refractivity contribution in [1.29, 1.82) is 0 Å². The molecule has 1 atom stereocenters. The monoisotopic (exact) mass is 466 g/mol. The molecule has 6 nitrogen and oxygen atoms in total. The van der Waals surface area contributed by atoms with Crippen LogP contribution in [0.15, 0.2) is 48.8 Å². The molecular weight excluding hydrogens is 428 g/mol. The van der Waals surface area contributed by atoms with Gasteiger partial charge in [0, 0.05) is 18.1 Å². The molecule has 184 valence electrons. The number of aromatic nitrogens is 2. The fourth-order valence-corrected chi connectivity index (χ4v) is 3.45. The van der Waals surface area contributed by atoms with Crippen LogP contribution in [0.4, 0.5) is 0 Å². The Labute approximate surface area is 203 Å². The quantitative estimate of drug-likeness (QED) is 0.166. The highest BCUT2D eigenvalue weighted by Gasteiger charge is 2.09. The van der Waals surface area contributed by atoms with Gasteiger partial charge in [0.05, 0.1) is 18.5 Å². The van der Waals surface area contributed by atoms with Gasteiger partial charge in [-0.1, -0.05) is 76.3 Å². The van der Waals surface area contributed by atoms with Crippen molar-refractivity contribution in [2.75, 3.05) is 0 Å². The molecule has 0 radical (unpaired) electrons. The van der Waals surface area contributed by atoms with Crippen LogP contribution in [0.5, 0.6) is 5.75 Å². The zero-order valence-electron chi connectivity index (χ0n) is 20.8. The molecule has 0 saturated carbocycles. The van der Waals surface area contributed by atoms with Crippen LogP contribution in [0.2, 0.25) is 0 Å². The minimum Gasteiger partial charge on any atom is -0.463 e. The molecule has 0 amide bonds. The van der Waals surface area contributed by atoms with E-state index in [1.807, 2.05) is 37.3 Å². The maximum atomic E-state index is 12.0. The lowest BCUT2D eigenvalue weighted by Gasteiger charge is -2.12. The molecule has 2 rings (SSSR count). The first-order chi connectivity index (χ1) is 16.5. The minimum absolute atomic E-state index is 0.101. The molecule has 6 heteroatoms. The Morgan fingerprint density at radius 1 is 0.971 bits per heavy atom. The highest BCUT2D eigenvalue weighted by molar-refractivity contribution is 5.83. The van der Waals surface area contributed by atoms with Gasteiger partial charge >= 0.3 is 11.9 Å². The minimum atomic E-state index is -0.412. The Kier molecular flexibility index (Phi) is 12.6. The first-order valence-corrected chi connectivity index (χ1v) is 12.5. The summed E-state index contributed by atoms with van der Waals surface area (Å²) in [4.78, 5) is 32.0. The fourth-order valence-electron chi connectivity index (χ4n) is 3.45. The van der Waals surface area contributed by atoms with Gasteiger partial charge in [-0.25, -0.2) is 14.8 Å². The third-order valence-electron chi connectivity index (χ3n) is 5.50. The van der Waals surface area contributed by atoms with Crippen LogP contribution in [0.1, 0.15) is 84.1 Å². The number of benzene rings is 1. The van der Waals surface area contributed by atoms with Crippen LogP contribution in [0, 0.1) is 0 Å². The molecule has 0 spiro atoms. The van der Waals surface area contributed by atoms with Crippen LogP contribution >= 0.6 is 0 Å². The smallest absolute Gasteiger partial charge is 0.335 e. The summed E-state index contributed by atoms with van der Waals surface area (Å²) in [6.45, 7) is 5.92. The molecule has 1 heterocycles. The number of aryl methyl sites for hydroxylation is 1. The van der Waals surface area contributed by atoms with E-state index in [1.165, 1.54) is 50.6 Å². The maximum Gasteiger partial charge on any atom is 0.335 e. The van der Waals surface area contributed by atoms with Gasteiger partial charge in [0.25, 0.3) is 0 Å². The number of allylic oxidation sites excluding steroid dienone is 1. The van der Waals surface area contributed by atoms with Gasteiger partial charge in [0.15, 0.2) is 11.6 Å². The summed E-state index contributed by atoms with van der Waals surface area (Å²) in [6, 6.07) is 7.97. The van der Waals surface area contributed by atoms with E-state index >= 15 is 0 Å². The highest BCUT2D eigenvalue weighted by Crippen LogP contribution is 2.19. The SMILES string of the molecule is CCCCCCCCC=CC(=O)Oc1cnc(-c2ccc(CCC(C)OC(=O)CC)cc2)nc1. The van der Waals surface area contributed by atoms with E-state index in [2.05, 4.69) is 16.9 Å². The summed E-state index contributed by atoms with van der Waals surface area (Å²) < 4.78 is 10.6. The summed E-state index contributed by atoms with van der Waals surface area (Å²) in [5.74, 6) is 0.309. The normalized spacial score (nSPS) is 12.0. The lowest BCUT2D eigenvalue weighted by atomic mass is 10.1. The molecule has 0 aliphatic carbocycles. The molecule has 0 bridgehead atoms. The van der Waals surface area contributed by atoms with Crippen LogP contribution in [-0.4, -0.2) is 28.0 Å². The molecule has 1 aromatic heterocycles. The largest absolute Gasteiger partial charge is 0.463 e. The van der Waals surface area contributed by atoms with Gasteiger partial charge in [0.2, 0.25) is 0 Å². The molecular formula is C28H38N2O4. The zero-order chi connectivity index (χ0) is 24.6. The Balaban J connectivity index is 1.75. The van der Waals surface area contributed by atoms with Crippen molar-refractivity contribution in [3.63, 3.8) is 0 Å². The predicted molar refractivity (Wildman–Crippen MR) is 134 cm³/mol. The van der Waals surface area contributed by atoms with E-state index in [-0.39, 0.29) is 12.1 Å². The van der Waals surface area contributed by atoms with Crippen molar-refractivity contribution < 1.29 is 19.1 Å². The van der Waals surface area contributed by atoms with Crippen molar-refractivity contribution in [3.05, 3.63) is 54.4 Å². The van der Waals surface area contributed by atoms with E-state index in [0.29, 0.717) is 18.0 Å². The Bertz CT molecular complexity index is 892. The number of hydrogen-bond donors (Lipinski definition) is 0. The molecule has 0 aliphatic rings. The summed E-state index contributed by atoms with van der Waals surface area (Å²) in [5, 5.41) is 0. The molecule has 0 N–H and O–H groups in total. The summed E-state index contributed by atoms with van der Waals surface area (Å²) in [7, 11) is 0. The average Bonchev–Trinajstić information content (AvgIpc) is 2.85. The predicted octanol–water partition coefficient (Wildman–Crippen LogP) is 6.63. The molecule has 0 fully saturated rings. The Hall–Kier alpha value is -3.02. The van der Waals surface area contributed by atoms with E-state index in [4.69, 9.17) is 9.47 Å². The lowest BCUT2D eigenvalue weighted by molar-refractivity contribution is -0.148. The molecule has 0 saturated heterocycles.